The average molecular weight is 444 g/mol. The van der Waals surface area contributed by atoms with Gasteiger partial charge in [-0.1, -0.05) is 30.3 Å². The number of ether oxygens (including phenoxy) is 1. The first-order chi connectivity index (χ1) is 14.9. The standard InChI is InChI=1S/C24H33N3O3S/c1-4-25-24(26-16-19-13-14-23(18(2)15-19)31(3,28)29)27-17-20-9-5-8-12-22(20)30-21-10-6-7-11-21/h5,8-9,12-15,21H,4,6-7,10-11,16-17H2,1-3H3,(H2,25,26,27). The summed E-state index contributed by atoms with van der Waals surface area (Å²) in [5.41, 5.74) is 2.81. The van der Waals surface area contributed by atoms with Gasteiger partial charge in [0.25, 0.3) is 0 Å². The third kappa shape index (κ3) is 6.72. The van der Waals surface area contributed by atoms with Gasteiger partial charge in [0.2, 0.25) is 0 Å². The highest BCUT2D eigenvalue weighted by Crippen LogP contribution is 2.26. The summed E-state index contributed by atoms with van der Waals surface area (Å²) < 4.78 is 29.9. The van der Waals surface area contributed by atoms with Gasteiger partial charge in [-0.2, -0.15) is 0 Å². The molecule has 0 aromatic heterocycles. The number of para-hydroxylation sites is 1. The van der Waals surface area contributed by atoms with E-state index in [0.717, 1.165) is 41.8 Å². The molecule has 1 saturated carbocycles. The van der Waals surface area contributed by atoms with E-state index in [1.54, 1.807) is 6.07 Å². The molecule has 0 radical (unpaired) electrons. The van der Waals surface area contributed by atoms with Crippen molar-refractivity contribution >= 4 is 15.8 Å². The second-order valence-corrected chi connectivity index (χ2v) is 10.0. The lowest BCUT2D eigenvalue weighted by molar-refractivity contribution is 0.208. The quantitative estimate of drug-likeness (QED) is 0.477. The van der Waals surface area contributed by atoms with Crippen molar-refractivity contribution in [2.45, 2.75) is 63.6 Å². The smallest absolute Gasteiger partial charge is 0.191 e. The van der Waals surface area contributed by atoms with Crippen LogP contribution in [-0.2, 0) is 22.9 Å². The fourth-order valence-electron chi connectivity index (χ4n) is 3.87. The first-order valence-corrected chi connectivity index (χ1v) is 12.8. The lowest BCUT2D eigenvalue weighted by atomic mass is 10.1. The van der Waals surface area contributed by atoms with Crippen LogP contribution >= 0.6 is 0 Å². The number of rotatable bonds is 8. The van der Waals surface area contributed by atoms with Crippen molar-refractivity contribution in [3.63, 3.8) is 0 Å². The Bertz CT molecular complexity index is 1010. The molecule has 0 saturated heterocycles. The molecular weight excluding hydrogens is 410 g/mol. The minimum absolute atomic E-state index is 0.321. The molecule has 0 amide bonds. The first kappa shape index (κ1) is 23.1. The van der Waals surface area contributed by atoms with Gasteiger partial charge in [0, 0.05) is 24.9 Å². The molecule has 1 aliphatic carbocycles. The lowest BCUT2D eigenvalue weighted by Crippen LogP contribution is -2.37. The van der Waals surface area contributed by atoms with Crippen molar-refractivity contribution in [2.75, 3.05) is 12.8 Å². The monoisotopic (exact) mass is 443 g/mol. The van der Waals surface area contributed by atoms with E-state index in [0.29, 0.717) is 30.0 Å². The van der Waals surface area contributed by atoms with Crippen LogP contribution in [-0.4, -0.2) is 33.3 Å². The van der Waals surface area contributed by atoms with Gasteiger partial charge in [-0.15, -0.1) is 0 Å². The number of guanidine groups is 1. The molecule has 1 fully saturated rings. The van der Waals surface area contributed by atoms with Gasteiger partial charge in [-0.3, -0.25) is 0 Å². The molecule has 0 atom stereocenters. The maximum atomic E-state index is 11.8. The molecule has 0 heterocycles. The molecule has 2 aromatic rings. The zero-order valence-electron chi connectivity index (χ0n) is 18.6. The van der Waals surface area contributed by atoms with Crippen LogP contribution in [0.3, 0.4) is 0 Å². The zero-order chi connectivity index (χ0) is 22.3. The molecule has 7 heteroatoms. The van der Waals surface area contributed by atoms with Crippen molar-refractivity contribution in [3.8, 4) is 5.75 Å². The number of benzene rings is 2. The molecule has 0 spiro atoms. The van der Waals surface area contributed by atoms with Crippen LogP contribution in [0.15, 0.2) is 52.4 Å². The Hall–Kier alpha value is -2.54. The average Bonchev–Trinajstić information content (AvgIpc) is 3.23. The van der Waals surface area contributed by atoms with E-state index in [1.165, 1.54) is 19.1 Å². The van der Waals surface area contributed by atoms with Gasteiger partial charge >= 0.3 is 0 Å². The van der Waals surface area contributed by atoms with E-state index in [9.17, 15) is 8.42 Å². The molecular formula is C24H33N3O3S. The fourth-order valence-corrected chi connectivity index (χ4v) is 4.83. The molecule has 2 N–H and O–H groups in total. The van der Waals surface area contributed by atoms with E-state index in [-0.39, 0.29) is 0 Å². The van der Waals surface area contributed by atoms with E-state index >= 15 is 0 Å². The Morgan fingerprint density at radius 3 is 2.55 bits per heavy atom. The molecule has 2 aromatic carbocycles. The van der Waals surface area contributed by atoms with Crippen molar-refractivity contribution < 1.29 is 13.2 Å². The maximum absolute atomic E-state index is 11.8. The summed E-state index contributed by atoms with van der Waals surface area (Å²) >= 11 is 0. The van der Waals surface area contributed by atoms with Gasteiger partial charge in [-0.05, 0) is 62.8 Å². The highest BCUT2D eigenvalue weighted by atomic mass is 32.2. The first-order valence-electron chi connectivity index (χ1n) is 10.9. The van der Waals surface area contributed by atoms with Gasteiger partial charge in [0.15, 0.2) is 15.8 Å². The highest BCUT2D eigenvalue weighted by molar-refractivity contribution is 7.90. The predicted octanol–water partition coefficient (Wildman–Crippen LogP) is 3.98. The molecule has 31 heavy (non-hydrogen) atoms. The zero-order valence-corrected chi connectivity index (χ0v) is 19.5. The molecule has 0 unspecified atom stereocenters. The molecule has 3 rings (SSSR count). The largest absolute Gasteiger partial charge is 0.490 e. The Labute approximate surface area is 186 Å². The van der Waals surface area contributed by atoms with Gasteiger partial charge < -0.3 is 15.4 Å². The SMILES string of the molecule is CCNC(=NCc1ccc(S(C)(=O)=O)c(C)c1)NCc1ccccc1OC1CCCC1. The number of aryl methyl sites for hydroxylation is 1. The number of hydrogen-bond acceptors (Lipinski definition) is 4. The fraction of sp³-hybridized carbons (Fsp3) is 0.458. The van der Waals surface area contributed by atoms with Gasteiger partial charge in [-0.25, -0.2) is 13.4 Å². The van der Waals surface area contributed by atoms with E-state index in [2.05, 4.69) is 21.7 Å². The summed E-state index contributed by atoms with van der Waals surface area (Å²) in [6.07, 6.45) is 6.29. The maximum Gasteiger partial charge on any atom is 0.191 e. The molecule has 0 aliphatic heterocycles. The predicted molar refractivity (Wildman–Crippen MR) is 125 cm³/mol. The number of nitrogens with one attached hydrogen (secondary N) is 2. The van der Waals surface area contributed by atoms with Crippen molar-refractivity contribution in [1.82, 2.24) is 10.6 Å². The molecule has 6 nitrogen and oxygen atoms in total. The number of sulfone groups is 1. The third-order valence-electron chi connectivity index (χ3n) is 5.42. The normalized spacial score (nSPS) is 15.1. The van der Waals surface area contributed by atoms with Crippen molar-refractivity contribution in [3.05, 3.63) is 59.2 Å². The van der Waals surface area contributed by atoms with Crippen LogP contribution in [0.5, 0.6) is 5.75 Å². The summed E-state index contributed by atoms with van der Waals surface area (Å²) in [7, 11) is -3.21. The topological polar surface area (TPSA) is 79.8 Å². The van der Waals surface area contributed by atoms with Crippen LogP contribution in [0.4, 0.5) is 0 Å². The van der Waals surface area contributed by atoms with Gasteiger partial charge in [0.1, 0.15) is 5.75 Å². The Morgan fingerprint density at radius 1 is 1.13 bits per heavy atom. The Kier molecular flexibility index (Phi) is 7.96. The van der Waals surface area contributed by atoms with Crippen molar-refractivity contribution in [1.29, 1.82) is 0 Å². The highest BCUT2D eigenvalue weighted by Gasteiger charge is 2.17. The third-order valence-corrected chi connectivity index (χ3v) is 6.67. The van der Waals surface area contributed by atoms with E-state index in [4.69, 9.17) is 4.74 Å². The van der Waals surface area contributed by atoms with Gasteiger partial charge in [0.05, 0.1) is 17.5 Å². The molecule has 168 valence electrons. The lowest BCUT2D eigenvalue weighted by Gasteiger charge is -2.18. The van der Waals surface area contributed by atoms with Crippen LogP contribution in [0.1, 0.15) is 49.3 Å². The minimum atomic E-state index is -3.21. The van der Waals surface area contributed by atoms with Crippen molar-refractivity contribution in [2.24, 2.45) is 4.99 Å². The summed E-state index contributed by atoms with van der Waals surface area (Å²) in [4.78, 5) is 5.03. The number of aliphatic imine (C=N–C) groups is 1. The van der Waals surface area contributed by atoms with E-state index < -0.39 is 9.84 Å². The number of nitrogens with zero attached hydrogens (tertiary/aromatic N) is 1. The summed E-state index contributed by atoms with van der Waals surface area (Å²) in [5.74, 6) is 1.65. The number of hydrogen-bond donors (Lipinski definition) is 2. The molecule has 1 aliphatic rings. The van der Waals surface area contributed by atoms with Crippen LogP contribution in [0, 0.1) is 6.92 Å². The van der Waals surface area contributed by atoms with Crippen LogP contribution < -0.4 is 15.4 Å². The summed E-state index contributed by atoms with van der Waals surface area (Å²) in [5, 5.41) is 6.65. The second kappa shape index (κ2) is 10.7. The van der Waals surface area contributed by atoms with E-state index in [1.807, 2.05) is 44.2 Å². The Balaban J connectivity index is 1.66. The van der Waals surface area contributed by atoms with Crippen LogP contribution in [0.25, 0.3) is 0 Å². The molecule has 0 bridgehead atoms. The summed E-state index contributed by atoms with van der Waals surface area (Å²) in [6.45, 7) is 5.66. The second-order valence-electron chi connectivity index (χ2n) is 8.05. The Morgan fingerprint density at radius 2 is 1.87 bits per heavy atom. The summed E-state index contributed by atoms with van der Waals surface area (Å²) in [6, 6.07) is 13.5. The van der Waals surface area contributed by atoms with Crippen LogP contribution in [0.2, 0.25) is 0 Å². The minimum Gasteiger partial charge on any atom is -0.490 e.